The largest absolute Gasteiger partial charge is 1.00 e. The summed E-state index contributed by atoms with van der Waals surface area (Å²) in [5, 5.41) is 1.26. The summed E-state index contributed by atoms with van der Waals surface area (Å²) < 4.78 is 0. The Balaban J connectivity index is 0.00000200. The molecular weight excluding hydrogens is 317 g/mol. The van der Waals surface area contributed by atoms with Crippen molar-refractivity contribution in [1.29, 1.82) is 0 Å². The Morgan fingerprint density at radius 3 is 2.50 bits per heavy atom. The average Bonchev–Trinajstić information content (AvgIpc) is 2.34. The monoisotopic (exact) mass is 329 g/mol. The summed E-state index contributed by atoms with van der Waals surface area (Å²) in [5.41, 5.74) is 8.45. The fourth-order valence-electron chi connectivity index (χ4n) is 1.75. The molecule has 2 rings (SSSR count). The van der Waals surface area contributed by atoms with Crippen LogP contribution in [0.25, 0.3) is 6.08 Å². The molecule has 0 aliphatic heterocycles. The lowest BCUT2D eigenvalue weighted by molar-refractivity contribution is -0.362. The van der Waals surface area contributed by atoms with Gasteiger partial charge in [-0.2, -0.15) is 0 Å². The van der Waals surface area contributed by atoms with E-state index in [-0.39, 0.29) is 12.4 Å². The van der Waals surface area contributed by atoms with Crippen molar-refractivity contribution in [2.45, 2.75) is 13.3 Å². The third kappa shape index (κ3) is 4.37. The van der Waals surface area contributed by atoms with Gasteiger partial charge in [0, 0.05) is 10.6 Å². The van der Waals surface area contributed by atoms with E-state index in [9.17, 15) is 0 Å². The van der Waals surface area contributed by atoms with Gasteiger partial charge < -0.3 is 12.4 Å². The van der Waals surface area contributed by atoms with Gasteiger partial charge in [-0.3, -0.25) is 5.73 Å². The number of anilines is 1. The molecule has 0 atom stereocenters. The van der Waals surface area contributed by atoms with Gasteiger partial charge in [0.15, 0.2) is 5.15 Å². The number of H-pyrrole nitrogens is 1. The van der Waals surface area contributed by atoms with Crippen molar-refractivity contribution in [3.8, 4) is 0 Å². The van der Waals surface area contributed by atoms with Crippen LogP contribution in [-0.2, 0) is 6.42 Å². The number of benzene rings is 1. The number of rotatable bonds is 3. The number of nitrogens with two attached hydrogens (primary N) is 1. The van der Waals surface area contributed by atoms with Crippen molar-refractivity contribution in [3.05, 3.63) is 57.3 Å². The topological polar surface area (TPSA) is 53.0 Å². The summed E-state index contributed by atoms with van der Waals surface area (Å²) in [5.74, 6) is 0.327. The van der Waals surface area contributed by atoms with Crippen molar-refractivity contribution in [2.75, 3.05) is 5.73 Å². The van der Waals surface area contributed by atoms with Crippen LogP contribution in [0.1, 0.15) is 16.8 Å². The summed E-state index contributed by atoms with van der Waals surface area (Å²) >= 11 is 11.9. The molecule has 3 N–H and O–H groups in total. The Labute approximate surface area is 134 Å². The zero-order chi connectivity index (χ0) is 13.8. The number of nitrogen functional groups attached to an aromatic ring is 1. The summed E-state index contributed by atoms with van der Waals surface area (Å²) in [6.45, 7) is 1.89. The quantitative estimate of drug-likeness (QED) is 0.826. The zero-order valence-electron chi connectivity index (χ0n) is 10.8. The van der Waals surface area contributed by atoms with E-state index in [0.717, 1.165) is 21.8 Å². The second-order valence-corrected chi connectivity index (χ2v) is 4.97. The molecule has 1 aromatic heterocycles. The van der Waals surface area contributed by atoms with E-state index in [2.05, 4.69) is 9.97 Å². The number of hydrogen-bond donors (Lipinski definition) is 1. The number of aromatic nitrogens is 2. The van der Waals surface area contributed by atoms with Gasteiger partial charge in [-0.25, -0.2) is 4.98 Å². The Kier molecular flexibility index (Phi) is 6.27. The van der Waals surface area contributed by atoms with Crippen LogP contribution in [0.3, 0.4) is 0 Å². The van der Waals surface area contributed by atoms with Crippen molar-refractivity contribution >= 4 is 35.2 Å². The highest BCUT2D eigenvalue weighted by atomic mass is 35.5. The molecular formula is C14H14Cl3N3. The third-order valence-electron chi connectivity index (χ3n) is 2.73. The molecule has 106 valence electrons. The predicted octanol–water partition coefficient (Wildman–Crippen LogP) is 0.353. The predicted molar refractivity (Wildman–Crippen MR) is 79.1 cm³/mol. The molecule has 6 heteroatoms. The second-order valence-electron chi connectivity index (χ2n) is 4.16. The minimum Gasteiger partial charge on any atom is -1.00 e. The van der Waals surface area contributed by atoms with Gasteiger partial charge in [0.25, 0.3) is 0 Å². The van der Waals surface area contributed by atoms with E-state index < -0.39 is 0 Å². The van der Waals surface area contributed by atoms with Crippen molar-refractivity contribution in [2.24, 2.45) is 0 Å². The van der Waals surface area contributed by atoms with Gasteiger partial charge in [-0.1, -0.05) is 40.9 Å². The highest BCUT2D eigenvalue weighted by Gasteiger charge is 2.11. The molecule has 2 aromatic rings. The van der Waals surface area contributed by atoms with Gasteiger partial charge in [-0.05, 0) is 42.6 Å². The molecule has 1 aromatic carbocycles. The van der Waals surface area contributed by atoms with E-state index in [1.54, 1.807) is 0 Å². The van der Waals surface area contributed by atoms with E-state index in [1.807, 2.05) is 43.3 Å². The normalized spacial score (nSPS) is 10.6. The number of allylic oxidation sites excluding steroid dienone is 1. The summed E-state index contributed by atoms with van der Waals surface area (Å²) in [7, 11) is 0. The first kappa shape index (κ1) is 16.8. The maximum atomic E-state index is 6.11. The first-order valence-corrected chi connectivity index (χ1v) is 6.57. The number of hydrogen-bond acceptors (Lipinski definition) is 2. The summed E-state index contributed by atoms with van der Waals surface area (Å²) in [6.07, 6.45) is 4.74. The SMILES string of the molecule is Cc1nc(N)[nH+]c(Cl)c1C/C=C/c1ccc(Cl)cc1.[Cl-]. The fourth-order valence-corrected chi connectivity index (χ4v) is 2.18. The number of aromatic amines is 1. The van der Waals surface area contributed by atoms with Crippen molar-refractivity contribution < 1.29 is 17.4 Å². The third-order valence-corrected chi connectivity index (χ3v) is 3.30. The molecule has 3 nitrogen and oxygen atoms in total. The van der Waals surface area contributed by atoms with Crippen LogP contribution in [-0.4, -0.2) is 4.98 Å². The molecule has 0 radical (unpaired) electrons. The van der Waals surface area contributed by atoms with Crippen LogP contribution < -0.4 is 23.1 Å². The van der Waals surface area contributed by atoms with Crippen LogP contribution in [0.5, 0.6) is 0 Å². The van der Waals surface area contributed by atoms with Gasteiger partial charge >= 0.3 is 5.95 Å². The highest BCUT2D eigenvalue weighted by Crippen LogP contribution is 2.16. The van der Waals surface area contributed by atoms with Crippen LogP contribution in [0.15, 0.2) is 30.3 Å². The molecule has 0 bridgehead atoms. The van der Waals surface area contributed by atoms with Crippen LogP contribution in [0.4, 0.5) is 5.95 Å². The molecule has 0 saturated heterocycles. The number of nitrogens with zero attached hydrogens (tertiary/aromatic N) is 1. The van der Waals surface area contributed by atoms with Crippen molar-refractivity contribution in [1.82, 2.24) is 4.98 Å². The summed E-state index contributed by atoms with van der Waals surface area (Å²) in [6, 6.07) is 7.64. The Morgan fingerprint density at radius 2 is 1.90 bits per heavy atom. The minimum absolute atomic E-state index is 0. The van der Waals surface area contributed by atoms with Gasteiger partial charge in [0.2, 0.25) is 0 Å². The lowest BCUT2D eigenvalue weighted by Gasteiger charge is -2.00. The van der Waals surface area contributed by atoms with Gasteiger partial charge in [0.05, 0.1) is 0 Å². The highest BCUT2D eigenvalue weighted by molar-refractivity contribution is 6.30. The molecule has 1 heterocycles. The zero-order valence-corrected chi connectivity index (χ0v) is 13.1. The molecule has 0 aliphatic rings. The van der Waals surface area contributed by atoms with Crippen LogP contribution in [0.2, 0.25) is 10.2 Å². The van der Waals surface area contributed by atoms with E-state index in [0.29, 0.717) is 17.5 Å². The maximum absolute atomic E-state index is 6.11. The first-order chi connectivity index (χ1) is 9.06. The molecule has 0 saturated carbocycles. The average molecular weight is 331 g/mol. The van der Waals surface area contributed by atoms with Crippen LogP contribution in [0, 0.1) is 6.92 Å². The molecule has 0 aliphatic carbocycles. The van der Waals surface area contributed by atoms with E-state index in [1.165, 1.54) is 0 Å². The lowest BCUT2D eigenvalue weighted by atomic mass is 10.1. The van der Waals surface area contributed by atoms with E-state index in [4.69, 9.17) is 28.9 Å². The number of aryl methyl sites for hydroxylation is 1. The van der Waals surface area contributed by atoms with Crippen LogP contribution >= 0.6 is 23.2 Å². The minimum atomic E-state index is 0. The summed E-state index contributed by atoms with van der Waals surface area (Å²) in [4.78, 5) is 6.97. The maximum Gasteiger partial charge on any atom is 0.388 e. The standard InChI is InChI=1S/C14H13Cl2N3.ClH/c1-9-12(13(16)19-14(17)18-9)4-2-3-10-5-7-11(15)8-6-10;/h2-3,5-8H,4H2,1H3,(H2,17,18,19);1H/b3-2+;. The lowest BCUT2D eigenvalue weighted by Crippen LogP contribution is -3.00. The molecule has 0 fully saturated rings. The smallest absolute Gasteiger partial charge is 0.388 e. The number of halogens is 3. The van der Waals surface area contributed by atoms with Gasteiger partial charge in [-0.15, -0.1) is 0 Å². The Hall–Kier alpha value is -1.29. The second kappa shape index (κ2) is 7.48. The first-order valence-electron chi connectivity index (χ1n) is 5.82. The molecule has 0 amide bonds. The Morgan fingerprint density at radius 1 is 1.25 bits per heavy atom. The van der Waals surface area contributed by atoms with Gasteiger partial charge in [0.1, 0.15) is 5.69 Å². The van der Waals surface area contributed by atoms with E-state index >= 15 is 0 Å². The molecule has 0 spiro atoms. The molecule has 20 heavy (non-hydrogen) atoms. The number of nitrogens with one attached hydrogen (secondary N) is 1. The van der Waals surface area contributed by atoms with Crippen molar-refractivity contribution in [3.63, 3.8) is 0 Å². The Bertz CT molecular complexity index is 587. The fraction of sp³-hybridized carbons (Fsp3) is 0.143. The molecule has 0 unspecified atom stereocenters.